The summed E-state index contributed by atoms with van der Waals surface area (Å²) in [6.45, 7) is 4.81. The summed E-state index contributed by atoms with van der Waals surface area (Å²) in [7, 11) is 3.54. The van der Waals surface area contributed by atoms with Crippen molar-refractivity contribution in [1.82, 2.24) is 14.7 Å². The maximum absolute atomic E-state index is 12.4. The van der Waals surface area contributed by atoms with Crippen molar-refractivity contribution in [3.8, 4) is 5.75 Å². The van der Waals surface area contributed by atoms with Gasteiger partial charge in [-0.3, -0.25) is 9.69 Å². The van der Waals surface area contributed by atoms with Gasteiger partial charge in [-0.15, -0.1) is 0 Å². The summed E-state index contributed by atoms with van der Waals surface area (Å²) in [4.78, 5) is 29.7. The Bertz CT molecular complexity index is 681. The van der Waals surface area contributed by atoms with Crippen LogP contribution in [0, 0.1) is 5.92 Å². The van der Waals surface area contributed by atoms with Gasteiger partial charge in [0.1, 0.15) is 18.9 Å². The van der Waals surface area contributed by atoms with Crippen LogP contribution < -0.4 is 4.74 Å². The van der Waals surface area contributed by atoms with Crippen LogP contribution in [0.25, 0.3) is 0 Å². The highest BCUT2D eigenvalue weighted by molar-refractivity contribution is 5.82. The Labute approximate surface area is 167 Å². The van der Waals surface area contributed by atoms with E-state index in [4.69, 9.17) is 9.47 Å². The topological polar surface area (TPSA) is 62.3 Å². The second-order valence-electron chi connectivity index (χ2n) is 7.68. The molecule has 2 heterocycles. The van der Waals surface area contributed by atoms with Gasteiger partial charge in [0.15, 0.2) is 0 Å². The minimum absolute atomic E-state index is 0.0232. The zero-order valence-corrected chi connectivity index (χ0v) is 16.9. The molecule has 2 amide bonds. The van der Waals surface area contributed by atoms with E-state index in [0.717, 1.165) is 51.2 Å². The van der Waals surface area contributed by atoms with Crippen LogP contribution in [-0.4, -0.2) is 86.7 Å². The molecule has 0 saturated carbocycles. The number of carbonyl (C=O) groups excluding carboxylic acids is 2. The average molecular weight is 389 g/mol. The number of para-hydroxylation sites is 1. The Hall–Kier alpha value is -2.28. The minimum atomic E-state index is -0.387. The fourth-order valence-electron chi connectivity index (χ4n) is 4.03. The van der Waals surface area contributed by atoms with Crippen molar-refractivity contribution >= 4 is 12.0 Å². The average Bonchev–Trinajstić information content (AvgIpc) is 3.11. The number of amides is 2. The number of likely N-dealkylation sites (tertiary alicyclic amines) is 1. The number of hydrogen-bond acceptors (Lipinski definition) is 5. The fraction of sp³-hybridized carbons (Fsp3) is 0.619. The molecule has 0 radical (unpaired) electrons. The second kappa shape index (κ2) is 9.78. The van der Waals surface area contributed by atoms with Gasteiger partial charge in [0.05, 0.1) is 13.7 Å². The van der Waals surface area contributed by atoms with Gasteiger partial charge < -0.3 is 19.3 Å². The number of cyclic esters (lactones) is 1. The number of methoxy groups -OCH3 is 1. The predicted octanol–water partition coefficient (Wildman–Crippen LogP) is 1.86. The number of ether oxygens (including phenoxy) is 2. The third-order valence-electron chi connectivity index (χ3n) is 5.62. The number of hydrogen-bond donors (Lipinski definition) is 0. The molecule has 2 fully saturated rings. The van der Waals surface area contributed by atoms with E-state index in [9.17, 15) is 9.59 Å². The molecule has 1 aromatic carbocycles. The molecule has 154 valence electrons. The molecule has 2 aliphatic rings. The lowest BCUT2D eigenvalue weighted by Crippen LogP contribution is -2.44. The first-order chi connectivity index (χ1) is 13.6. The van der Waals surface area contributed by atoms with E-state index in [-0.39, 0.29) is 18.5 Å². The molecule has 1 atom stereocenters. The van der Waals surface area contributed by atoms with Gasteiger partial charge in [0.25, 0.3) is 0 Å². The molecule has 0 N–H and O–H groups in total. The molecule has 1 unspecified atom stereocenters. The second-order valence-corrected chi connectivity index (χ2v) is 7.68. The summed E-state index contributed by atoms with van der Waals surface area (Å²) in [6.07, 6.45) is 2.86. The van der Waals surface area contributed by atoms with Crippen LogP contribution in [0.1, 0.15) is 18.4 Å². The van der Waals surface area contributed by atoms with Gasteiger partial charge in [-0.05, 0) is 43.4 Å². The SMILES string of the molecule is COc1ccccc1CCN1CCCC(CN(C)C(=O)CN2CCOC2=O)C1. The van der Waals surface area contributed by atoms with Crippen molar-refractivity contribution in [2.75, 3.05) is 60.0 Å². The summed E-state index contributed by atoms with van der Waals surface area (Å²) < 4.78 is 10.3. The van der Waals surface area contributed by atoms with E-state index in [1.807, 2.05) is 25.2 Å². The van der Waals surface area contributed by atoms with E-state index in [1.54, 1.807) is 12.0 Å². The van der Waals surface area contributed by atoms with Gasteiger partial charge in [0.2, 0.25) is 5.91 Å². The fourth-order valence-corrected chi connectivity index (χ4v) is 4.03. The molecule has 7 nitrogen and oxygen atoms in total. The summed E-state index contributed by atoms with van der Waals surface area (Å²) in [5.74, 6) is 1.39. The number of carbonyl (C=O) groups is 2. The number of benzene rings is 1. The van der Waals surface area contributed by atoms with Gasteiger partial charge in [-0.2, -0.15) is 0 Å². The third kappa shape index (κ3) is 5.38. The zero-order valence-electron chi connectivity index (χ0n) is 16.9. The zero-order chi connectivity index (χ0) is 19.9. The van der Waals surface area contributed by atoms with Crippen LogP contribution in [0.3, 0.4) is 0 Å². The number of rotatable bonds is 8. The Balaban J connectivity index is 1.45. The normalized spacial score (nSPS) is 20.1. The Morgan fingerprint density at radius 3 is 2.89 bits per heavy atom. The summed E-state index contributed by atoms with van der Waals surface area (Å²) in [6, 6.07) is 8.17. The van der Waals surface area contributed by atoms with Crippen molar-refractivity contribution in [2.45, 2.75) is 19.3 Å². The first kappa shape index (κ1) is 20.5. The maximum atomic E-state index is 12.4. The highest BCUT2D eigenvalue weighted by Crippen LogP contribution is 2.21. The molecule has 2 saturated heterocycles. The standard InChI is InChI=1S/C21H31N3O4/c1-22(20(25)16-24-12-13-28-21(24)26)14-17-6-5-10-23(15-17)11-9-18-7-3-4-8-19(18)27-2/h3-4,7-8,17H,5-6,9-16H2,1-2H3. The molecule has 28 heavy (non-hydrogen) atoms. The lowest BCUT2D eigenvalue weighted by molar-refractivity contribution is -0.131. The number of piperidine rings is 1. The Kier molecular flexibility index (Phi) is 7.14. The molecule has 1 aromatic rings. The molecule has 0 aliphatic carbocycles. The monoisotopic (exact) mass is 389 g/mol. The summed E-state index contributed by atoms with van der Waals surface area (Å²) in [5, 5.41) is 0. The summed E-state index contributed by atoms with van der Waals surface area (Å²) >= 11 is 0. The van der Waals surface area contributed by atoms with Gasteiger partial charge in [-0.1, -0.05) is 18.2 Å². The molecule has 0 bridgehead atoms. The van der Waals surface area contributed by atoms with Gasteiger partial charge in [0, 0.05) is 26.7 Å². The molecule has 2 aliphatic heterocycles. The van der Waals surface area contributed by atoms with Gasteiger partial charge >= 0.3 is 6.09 Å². The molecular formula is C21H31N3O4. The first-order valence-corrected chi connectivity index (χ1v) is 10.1. The lowest BCUT2D eigenvalue weighted by atomic mass is 9.97. The highest BCUT2D eigenvalue weighted by atomic mass is 16.6. The first-order valence-electron chi connectivity index (χ1n) is 10.1. The van der Waals surface area contributed by atoms with E-state index in [0.29, 0.717) is 19.1 Å². The largest absolute Gasteiger partial charge is 0.496 e. The minimum Gasteiger partial charge on any atom is -0.496 e. The Morgan fingerprint density at radius 2 is 2.14 bits per heavy atom. The number of nitrogens with zero attached hydrogens (tertiary/aromatic N) is 3. The highest BCUT2D eigenvalue weighted by Gasteiger charge is 2.27. The van der Waals surface area contributed by atoms with Crippen LogP contribution in [0.15, 0.2) is 24.3 Å². The summed E-state index contributed by atoms with van der Waals surface area (Å²) in [5.41, 5.74) is 1.23. The smallest absolute Gasteiger partial charge is 0.410 e. The van der Waals surface area contributed by atoms with Crippen LogP contribution >= 0.6 is 0 Å². The number of likely N-dealkylation sites (N-methyl/N-ethyl adjacent to an activating group) is 1. The molecule has 0 spiro atoms. The van der Waals surface area contributed by atoms with Crippen molar-refractivity contribution in [2.24, 2.45) is 5.92 Å². The maximum Gasteiger partial charge on any atom is 0.410 e. The van der Waals surface area contributed by atoms with Crippen LogP contribution in [0.2, 0.25) is 0 Å². The van der Waals surface area contributed by atoms with Crippen LogP contribution in [0.4, 0.5) is 4.79 Å². The van der Waals surface area contributed by atoms with Crippen molar-refractivity contribution in [3.63, 3.8) is 0 Å². The van der Waals surface area contributed by atoms with Gasteiger partial charge in [-0.25, -0.2) is 4.79 Å². The molecule has 0 aromatic heterocycles. The molecule has 3 rings (SSSR count). The van der Waals surface area contributed by atoms with E-state index >= 15 is 0 Å². The molecule has 7 heteroatoms. The lowest BCUT2D eigenvalue weighted by Gasteiger charge is -2.35. The quantitative estimate of drug-likeness (QED) is 0.679. The van der Waals surface area contributed by atoms with E-state index < -0.39 is 0 Å². The third-order valence-corrected chi connectivity index (χ3v) is 5.62. The van der Waals surface area contributed by atoms with Crippen molar-refractivity contribution in [1.29, 1.82) is 0 Å². The van der Waals surface area contributed by atoms with Crippen LogP contribution in [-0.2, 0) is 16.0 Å². The Morgan fingerprint density at radius 1 is 1.32 bits per heavy atom. The van der Waals surface area contributed by atoms with E-state index in [2.05, 4.69) is 11.0 Å². The van der Waals surface area contributed by atoms with Crippen molar-refractivity contribution < 1.29 is 19.1 Å². The van der Waals surface area contributed by atoms with Crippen molar-refractivity contribution in [3.05, 3.63) is 29.8 Å². The van der Waals surface area contributed by atoms with Crippen LogP contribution in [0.5, 0.6) is 5.75 Å². The van der Waals surface area contributed by atoms with E-state index in [1.165, 1.54) is 10.5 Å². The molecular weight excluding hydrogens is 358 g/mol. The predicted molar refractivity (Wildman–Crippen MR) is 106 cm³/mol.